The Bertz CT molecular complexity index is 1030. The molecule has 1 saturated heterocycles. The van der Waals surface area contributed by atoms with Crippen LogP contribution >= 0.6 is 11.6 Å². The smallest absolute Gasteiger partial charge is 0.243 e. The molecule has 9 heteroatoms. The highest BCUT2D eigenvalue weighted by molar-refractivity contribution is 7.89. The number of hydrogen-bond acceptors (Lipinski definition) is 6. The quantitative estimate of drug-likeness (QED) is 0.633. The van der Waals surface area contributed by atoms with Gasteiger partial charge in [0.2, 0.25) is 21.7 Å². The molecule has 3 aromatic rings. The van der Waals surface area contributed by atoms with Crippen molar-refractivity contribution in [2.75, 3.05) is 26.2 Å². The molecule has 0 bridgehead atoms. The Kier molecular flexibility index (Phi) is 5.45. The van der Waals surface area contributed by atoms with Gasteiger partial charge in [0.15, 0.2) is 0 Å². The zero-order valence-electron chi connectivity index (χ0n) is 15.0. The molecule has 1 aromatic heterocycles. The van der Waals surface area contributed by atoms with E-state index in [0.717, 1.165) is 5.56 Å². The first kappa shape index (κ1) is 19.1. The summed E-state index contributed by atoms with van der Waals surface area (Å²) >= 11 is 5.85. The molecule has 0 amide bonds. The van der Waals surface area contributed by atoms with Gasteiger partial charge in [-0.3, -0.25) is 4.90 Å². The molecule has 0 radical (unpaired) electrons. The Hall–Kier alpha value is -2.26. The van der Waals surface area contributed by atoms with Gasteiger partial charge in [-0.25, -0.2) is 8.42 Å². The number of aromatic nitrogens is 2. The Labute approximate surface area is 168 Å². The second-order valence-electron chi connectivity index (χ2n) is 6.51. The minimum absolute atomic E-state index is 0.259. The van der Waals surface area contributed by atoms with E-state index in [9.17, 15) is 8.42 Å². The summed E-state index contributed by atoms with van der Waals surface area (Å²) in [6.07, 6.45) is 0. The van der Waals surface area contributed by atoms with Crippen molar-refractivity contribution in [3.63, 3.8) is 0 Å². The van der Waals surface area contributed by atoms with Gasteiger partial charge in [0.25, 0.3) is 0 Å². The molecule has 28 heavy (non-hydrogen) atoms. The molecular formula is C19H19ClN4O3S. The predicted octanol–water partition coefficient (Wildman–Crippen LogP) is 2.90. The van der Waals surface area contributed by atoms with Crippen LogP contribution in [0.1, 0.15) is 5.89 Å². The highest BCUT2D eigenvalue weighted by atomic mass is 35.5. The van der Waals surface area contributed by atoms with Gasteiger partial charge in [0.05, 0.1) is 11.4 Å². The van der Waals surface area contributed by atoms with Crippen molar-refractivity contribution < 1.29 is 12.9 Å². The lowest BCUT2D eigenvalue weighted by Crippen LogP contribution is -2.48. The molecule has 4 rings (SSSR count). The molecular weight excluding hydrogens is 400 g/mol. The molecule has 1 fully saturated rings. The maximum absolute atomic E-state index is 12.7. The van der Waals surface area contributed by atoms with E-state index in [1.165, 1.54) is 16.4 Å². The fourth-order valence-corrected chi connectivity index (χ4v) is 4.65. The van der Waals surface area contributed by atoms with Gasteiger partial charge in [-0.05, 0) is 24.3 Å². The lowest BCUT2D eigenvalue weighted by molar-refractivity contribution is 0.163. The van der Waals surface area contributed by atoms with E-state index in [2.05, 4.69) is 15.0 Å². The normalized spacial score (nSPS) is 16.3. The van der Waals surface area contributed by atoms with Gasteiger partial charge in [0.1, 0.15) is 0 Å². The van der Waals surface area contributed by atoms with Crippen LogP contribution in [0.25, 0.3) is 11.4 Å². The van der Waals surface area contributed by atoms with Crippen molar-refractivity contribution in [1.29, 1.82) is 0 Å². The third-order valence-corrected chi connectivity index (χ3v) is 6.81. The van der Waals surface area contributed by atoms with Crippen LogP contribution in [0.4, 0.5) is 0 Å². The van der Waals surface area contributed by atoms with Crippen LogP contribution < -0.4 is 0 Å². The third-order valence-electron chi connectivity index (χ3n) is 4.64. The minimum atomic E-state index is -3.51. The fourth-order valence-electron chi connectivity index (χ4n) is 3.10. The Morgan fingerprint density at radius 2 is 1.64 bits per heavy atom. The number of rotatable bonds is 5. The van der Waals surface area contributed by atoms with E-state index in [1.54, 1.807) is 12.1 Å². The summed E-state index contributed by atoms with van der Waals surface area (Å²) in [4.78, 5) is 6.80. The number of hydrogen-bond donors (Lipinski definition) is 0. The summed E-state index contributed by atoms with van der Waals surface area (Å²) in [6.45, 7) is 2.50. The van der Waals surface area contributed by atoms with Crippen LogP contribution in [0, 0.1) is 0 Å². The highest BCUT2D eigenvalue weighted by Gasteiger charge is 2.29. The lowest BCUT2D eigenvalue weighted by Gasteiger charge is -2.33. The van der Waals surface area contributed by atoms with Crippen molar-refractivity contribution >= 4 is 21.6 Å². The van der Waals surface area contributed by atoms with Crippen molar-refractivity contribution in [1.82, 2.24) is 19.3 Å². The molecule has 0 atom stereocenters. The van der Waals surface area contributed by atoms with Crippen molar-refractivity contribution in [2.24, 2.45) is 0 Å². The van der Waals surface area contributed by atoms with E-state index in [-0.39, 0.29) is 4.90 Å². The summed E-state index contributed by atoms with van der Waals surface area (Å²) in [6, 6.07) is 15.9. The summed E-state index contributed by atoms with van der Waals surface area (Å²) in [5, 5.41) is 4.54. The van der Waals surface area contributed by atoms with Crippen LogP contribution in [0.3, 0.4) is 0 Å². The van der Waals surface area contributed by atoms with Gasteiger partial charge in [-0.15, -0.1) is 0 Å². The number of sulfonamides is 1. The highest BCUT2D eigenvalue weighted by Crippen LogP contribution is 2.21. The van der Waals surface area contributed by atoms with E-state index in [1.807, 2.05) is 30.3 Å². The Morgan fingerprint density at radius 3 is 2.32 bits per heavy atom. The van der Waals surface area contributed by atoms with Crippen molar-refractivity contribution in [2.45, 2.75) is 11.4 Å². The molecule has 0 unspecified atom stereocenters. The first-order chi connectivity index (χ1) is 13.5. The van der Waals surface area contributed by atoms with Crippen LogP contribution in [0.5, 0.6) is 0 Å². The molecule has 7 nitrogen and oxygen atoms in total. The molecule has 1 aliphatic heterocycles. The minimum Gasteiger partial charge on any atom is -0.338 e. The molecule has 2 aromatic carbocycles. The predicted molar refractivity (Wildman–Crippen MR) is 105 cm³/mol. The van der Waals surface area contributed by atoms with Crippen LogP contribution in [0.15, 0.2) is 64.0 Å². The SMILES string of the molecule is O=S(=O)(c1ccc(Cl)cc1)N1CCN(Cc2nc(-c3ccccc3)no2)CC1. The number of benzene rings is 2. The maximum Gasteiger partial charge on any atom is 0.243 e. The second kappa shape index (κ2) is 8.00. The van der Waals surface area contributed by atoms with Gasteiger partial charge < -0.3 is 4.52 Å². The molecule has 2 heterocycles. The monoisotopic (exact) mass is 418 g/mol. The van der Waals surface area contributed by atoms with E-state index in [0.29, 0.717) is 49.5 Å². The zero-order valence-corrected chi connectivity index (χ0v) is 16.6. The van der Waals surface area contributed by atoms with E-state index in [4.69, 9.17) is 16.1 Å². The molecule has 0 saturated carbocycles. The third kappa shape index (κ3) is 4.10. The standard InChI is InChI=1S/C19H19ClN4O3S/c20-16-6-8-17(9-7-16)28(25,26)24-12-10-23(11-13-24)14-18-21-19(22-27-18)15-4-2-1-3-5-15/h1-9H,10-14H2. The number of piperazine rings is 1. The first-order valence-corrected chi connectivity index (χ1v) is 10.7. The Balaban J connectivity index is 1.37. The number of nitrogens with zero attached hydrogens (tertiary/aromatic N) is 4. The fraction of sp³-hybridized carbons (Fsp3) is 0.263. The molecule has 0 aliphatic carbocycles. The molecule has 1 aliphatic rings. The van der Waals surface area contributed by atoms with Crippen LogP contribution in [-0.4, -0.2) is 53.9 Å². The second-order valence-corrected chi connectivity index (χ2v) is 8.89. The average molecular weight is 419 g/mol. The van der Waals surface area contributed by atoms with Crippen molar-refractivity contribution in [3.8, 4) is 11.4 Å². The maximum atomic E-state index is 12.7. The van der Waals surface area contributed by atoms with Gasteiger partial charge in [-0.1, -0.05) is 47.1 Å². The average Bonchev–Trinajstić information content (AvgIpc) is 3.18. The Morgan fingerprint density at radius 1 is 0.964 bits per heavy atom. The summed E-state index contributed by atoms with van der Waals surface area (Å²) in [5.74, 6) is 1.08. The van der Waals surface area contributed by atoms with Crippen molar-refractivity contribution in [3.05, 3.63) is 65.5 Å². The van der Waals surface area contributed by atoms with Gasteiger partial charge in [0, 0.05) is 36.8 Å². The van der Waals surface area contributed by atoms with Crippen LogP contribution in [-0.2, 0) is 16.6 Å². The van der Waals surface area contributed by atoms with Gasteiger partial charge in [-0.2, -0.15) is 9.29 Å². The van der Waals surface area contributed by atoms with Crippen LogP contribution in [0.2, 0.25) is 5.02 Å². The largest absolute Gasteiger partial charge is 0.338 e. The summed E-state index contributed by atoms with van der Waals surface area (Å²) < 4.78 is 32.3. The number of halogens is 1. The van der Waals surface area contributed by atoms with Gasteiger partial charge >= 0.3 is 0 Å². The molecule has 0 N–H and O–H groups in total. The first-order valence-electron chi connectivity index (χ1n) is 8.88. The molecule has 0 spiro atoms. The summed E-state index contributed by atoms with van der Waals surface area (Å²) in [5.41, 5.74) is 0.899. The summed E-state index contributed by atoms with van der Waals surface area (Å²) in [7, 11) is -3.51. The topological polar surface area (TPSA) is 79.5 Å². The lowest BCUT2D eigenvalue weighted by atomic mass is 10.2. The molecule has 146 valence electrons. The van der Waals surface area contributed by atoms with E-state index < -0.39 is 10.0 Å². The zero-order chi connectivity index (χ0) is 19.6. The van der Waals surface area contributed by atoms with E-state index >= 15 is 0 Å².